The highest BCUT2D eigenvalue weighted by Crippen LogP contribution is 2.42. The lowest BCUT2D eigenvalue weighted by atomic mass is 9.90. The number of allylic oxidation sites excluding steroid dienone is 1. The smallest absolute Gasteiger partial charge is 0.101 e. The topological polar surface area (TPSA) is 81.2 Å². The number of benzene rings is 6. The van der Waals surface area contributed by atoms with Gasteiger partial charge in [-0.25, -0.2) is 0 Å². The maximum absolute atomic E-state index is 10.6. The number of fused-ring (bicyclic) bond motifs is 6. The zero-order valence-electron chi connectivity index (χ0n) is 27.8. The van der Waals surface area contributed by atoms with Crippen molar-refractivity contribution >= 4 is 38.8 Å². The van der Waals surface area contributed by atoms with Crippen LogP contribution in [0.25, 0.3) is 72.4 Å². The maximum Gasteiger partial charge on any atom is 0.101 e. The van der Waals surface area contributed by atoms with Crippen molar-refractivity contribution in [1.82, 2.24) is 9.13 Å². The summed E-state index contributed by atoms with van der Waals surface area (Å²) in [6.07, 6.45) is 5.50. The molecule has 0 spiro atoms. The van der Waals surface area contributed by atoms with Gasteiger partial charge in [0.1, 0.15) is 6.07 Å². The Hall–Kier alpha value is -7.13. The van der Waals surface area contributed by atoms with Gasteiger partial charge in [-0.2, -0.15) is 15.8 Å². The molecule has 0 amide bonds. The van der Waals surface area contributed by atoms with Crippen molar-refractivity contribution in [3.05, 3.63) is 161 Å². The van der Waals surface area contributed by atoms with Crippen LogP contribution in [-0.4, -0.2) is 9.13 Å². The monoisotopic (exact) mass is 651 g/mol. The summed E-state index contributed by atoms with van der Waals surface area (Å²) in [6.45, 7) is 2.25. The van der Waals surface area contributed by atoms with E-state index < -0.39 is 0 Å². The highest BCUT2D eigenvalue weighted by Gasteiger charge is 2.23. The maximum atomic E-state index is 10.6. The van der Waals surface area contributed by atoms with Crippen LogP contribution in [0.4, 0.5) is 0 Å². The largest absolute Gasteiger partial charge is 0.313 e. The first-order valence-corrected chi connectivity index (χ1v) is 17.0. The average Bonchev–Trinajstić information content (AvgIpc) is 3.69. The first-order chi connectivity index (χ1) is 25.1. The molecule has 0 saturated heterocycles. The minimum Gasteiger partial charge on any atom is -0.313 e. The van der Waals surface area contributed by atoms with E-state index in [0.29, 0.717) is 22.6 Å². The summed E-state index contributed by atoms with van der Waals surface area (Å²) in [4.78, 5) is 0. The lowest BCUT2D eigenvalue weighted by molar-refractivity contribution is 0.690. The second kappa shape index (κ2) is 11.8. The quantitative estimate of drug-likeness (QED) is 0.190. The van der Waals surface area contributed by atoms with E-state index in [2.05, 4.69) is 113 Å². The van der Waals surface area contributed by atoms with E-state index in [9.17, 15) is 15.8 Å². The minimum absolute atomic E-state index is 0.431. The fraction of sp³-hybridized carbons (Fsp3) is 0.0652. The lowest BCUT2D eigenvalue weighted by Crippen LogP contribution is -2.08. The van der Waals surface area contributed by atoms with Crippen molar-refractivity contribution in [3.8, 4) is 51.8 Å². The first-order valence-electron chi connectivity index (χ1n) is 17.0. The van der Waals surface area contributed by atoms with E-state index in [0.717, 1.165) is 61.9 Å². The molecule has 6 aromatic carbocycles. The van der Waals surface area contributed by atoms with Crippen molar-refractivity contribution in [2.45, 2.75) is 13.3 Å². The Bertz CT molecular complexity index is 2900. The van der Waals surface area contributed by atoms with Gasteiger partial charge in [0.25, 0.3) is 0 Å². The number of nitriles is 3. The molecule has 0 aliphatic heterocycles. The molecule has 9 rings (SSSR count). The number of para-hydroxylation sites is 3. The predicted molar refractivity (Wildman–Crippen MR) is 205 cm³/mol. The van der Waals surface area contributed by atoms with Crippen molar-refractivity contribution in [2.24, 2.45) is 5.92 Å². The summed E-state index contributed by atoms with van der Waals surface area (Å²) < 4.78 is 4.53. The van der Waals surface area contributed by atoms with Crippen LogP contribution in [0.5, 0.6) is 0 Å². The molecule has 2 heterocycles. The van der Waals surface area contributed by atoms with Gasteiger partial charge in [-0.1, -0.05) is 85.8 Å². The van der Waals surface area contributed by atoms with E-state index in [4.69, 9.17) is 0 Å². The standard InChI is InChI=1S/C46H29N5/c1-29-16-19-38-36-11-2-4-14-42(36)50(45(38)22-29)34-10-6-8-32(25-34)40-23-30(26-47)17-20-35(40)39-13-7-9-33(28-49)46(39)51-43-15-5-3-12-37(43)41-24-31(27-48)18-21-44(41)51/h2-21,23-25,29H,22H2,1H3. The van der Waals surface area contributed by atoms with Crippen LogP contribution in [0.2, 0.25) is 0 Å². The van der Waals surface area contributed by atoms with Gasteiger partial charge in [-0.15, -0.1) is 0 Å². The van der Waals surface area contributed by atoms with Gasteiger partial charge in [-0.3, -0.25) is 0 Å². The molecular formula is C46H29N5. The Morgan fingerprint density at radius 1 is 0.569 bits per heavy atom. The number of rotatable bonds is 4. The molecule has 0 saturated carbocycles. The third kappa shape index (κ3) is 4.67. The van der Waals surface area contributed by atoms with Crippen LogP contribution in [-0.2, 0) is 6.42 Å². The van der Waals surface area contributed by atoms with Crippen LogP contribution in [0.1, 0.15) is 34.9 Å². The highest BCUT2D eigenvalue weighted by atomic mass is 15.0. The summed E-state index contributed by atoms with van der Waals surface area (Å²) in [5.41, 5.74) is 12.7. The number of hydrogen-bond donors (Lipinski definition) is 0. The molecule has 238 valence electrons. The summed E-state index contributed by atoms with van der Waals surface area (Å²) in [5, 5.41) is 33.6. The SMILES string of the molecule is CC1C=Cc2c(n(-c3cccc(-c4cc(C#N)ccc4-c4cccc(C#N)c4-n4c5ccccc5c5cc(C#N)ccc54)c3)c3ccccc23)C1. The van der Waals surface area contributed by atoms with E-state index in [1.165, 1.54) is 22.2 Å². The van der Waals surface area contributed by atoms with Crippen molar-refractivity contribution in [1.29, 1.82) is 15.8 Å². The Morgan fingerprint density at radius 3 is 2.08 bits per heavy atom. The van der Waals surface area contributed by atoms with Crippen LogP contribution < -0.4 is 0 Å². The molecule has 0 N–H and O–H groups in total. The fourth-order valence-electron chi connectivity index (χ4n) is 7.91. The Balaban J connectivity index is 1.31. The van der Waals surface area contributed by atoms with Crippen molar-refractivity contribution in [2.75, 3.05) is 0 Å². The molecule has 5 nitrogen and oxygen atoms in total. The molecule has 5 heteroatoms. The summed E-state index contributed by atoms with van der Waals surface area (Å²) in [5.74, 6) is 0.431. The molecule has 1 unspecified atom stereocenters. The van der Waals surface area contributed by atoms with Crippen LogP contribution in [0, 0.1) is 39.9 Å². The zero-order chi connectivity index (χ0) is 34.6. The average molecular weight is 652 g/mol. The molecule has 1 aliphatic carbocycles. The molecule has 1 aliphatic rings. The second-order valence-electron chi connectivity index (χ2n) is 13.2. The minimum atomic E-state index is 0.431. The van der Waals surface area contributed by atoms with E-state index in [1.807, 2.05) is 60.7 Å². The summed E-state index contributed by atoms with van der Waals surface area (Å²) in [6, 6.07) is 49.7. The summed E-state index contributed by atoms with van der Waals surface area (Å²) in [7, 11) is 0. The molecular weight excluding hydrogens is 623 g/mol. The third-order valence-electron chi connectivity index (χ3n) is 10.2. The number of aromatic nitrogens is 2. The number of hydrogen-bond acceptors (Lipinski definition) is 3. The van der Waals surface area contributed by atoms with Gasteiger partial charge in [0.05, 0.1) is 51.1 Å². The molecule has 0 fully saturated rings. The number of nitrogens with zero attached hydrogens (tertiary/aromatic N) is 5. The van der Waals surface area contributed by atoms with Crippen LogP contribution in [0.15, 0.2) is 133 Å². The molecule has 2 aromatic heterocycles. The predicted octanol–water partition coefficient (Wildman–Crippen LogP) is 10.9. The van der Waals surface area contributed by atoms with Crippen molar-refractivity contribution < 1.29 is 0 Å². The van der Waals surface area contributed by atoms with Crippen LogP contribution in [0.3, 0.4) is 0 Å². The molecule has 51 heavy (non-hydrogen) atoms. The van der Waals surface area contributed by atoms with Crippen LogP contribution >= 0.6 is 0 Å². The zero-order valence-corrected chi connectivity index (χ0v) is 27.8. The van der Waals surface area contributed by atoms with Gasteiger partial charge in [0.15, 0.2) is 0 Å². The fourth-order valence-corrected chi connectivity index (χ4v) is 7.91. The molecule has 8 aromatic rings. The Morgan fingerprint density at radius 2 is 1.27 bits per heavy atom. The Kier molecular flexibility index (Phi) is 6.92. The summed E-state index contributed by atoms with van der Waals surface area (Å²) >= 11 is 0. The highest BCUT2D eigenvalue weighted by molar-refractivity contribution is 6.10. The van der Waals surface area contributed by atoms with Gasteiger partial charge >= 0.3 is 0 Å². The third-order valence-corrected chi connectivity index (χ3v) is 10.2. The normalized spacial score (nSPS) is 13.6. The van der Waals surface area contributed by atoms with Gasteiger partial charge < -0.3 is 9.13 Å². The van der Waals surface area contributed by atoms with E-state index in [1.54, 1.807) is 0 Å². The molecule has 0 radical (unpaired) electrons. The second-order valence-corrected chi connectivity index (χ2v) is 13.2. The Labute approximate surface area is 295 Å². The van der Waals surface area contributed by atoms with Gasteiger partial charge in [0.2, 0.25) is 0 Å². The lowest BCUT2D eigenvalue weighted by Gasteiger charge is -2.20. The van der Waals surface area contributed by atoms with E-state index >= 15 is 0 Å². The molecule has 0 bridgehead atoms. The molecule has 1 atom stereocenters. The van der Waals surface area contributed by atoms with Gasteiger partial charge in [-0.05, 0) is 89.7 Å². The van der Waals surface area contributed by atoms with E-state index in [-0.39, 0.29) is 0 Å². The van der Waals surface area contributed by atoms with Crippen molar-refractivity contribution in [3.63, 3.8) is 0 Å². The first kappa shape index (κ1) is 30.0. The van der Waals surface area contributed by atoms with Gasteiger partial charge in [0, 0.05) is 38.7 Å².